The lowest BCUT2D eigenvalue weighted by molar-refractivity contribution is 0.199. The van der Waals surface area contributed by atoms with E-state index in [0.717, 1.165) is 5.56 Å². The number of methoxy groups -OCH3 is 1. The summed E-state index contributed by atoms with van der Waals surface area (Å²) in [6.45, 7) is 4.60. The molecule has 1 aromatic carbocycles. The molecule has 1 aromatic rings. The Morgan fingerprint density at radius 2 is 2.24 bits per heavy atom. The van der Waals surface area contributed by atoms with Gasteiger partial charge in [-0.15, -0.1) is 0 Å². The van der Waals surface area contributed by atoms with Crippen molar-refractivity contribution in [3.05, 3.63) is 29.3 Å². The van der Waals surface area contributed by atoms with Gasteiger partial charge in [-0.05, 0) is 23.6 Å². The third-order valence-electron chi connectivity index (χ3n) is 3.28. The van der Waals surface area contributed by atoms with Gasteiger partial charge in [0.2, 0.25) is 0 Å². The van der Waals surface area contributed by atoms with Gasteiger partial charge in [-0.1, -0.05) is 19.9 Å². The topological polar surface area (TPSA) is 91.7 Å². The summed E-state index contributed by atoms with van der Waals surface area (Å²) in [6, 6.07) is 6.53. The Bertz CT molecular complexity index is 631. The van der Waals surface area contributed by atoms with E-state index < -0.39 is 6.04 Å². The number of hydrogen-bond donors (Lipinski definition) is 1. The number of ether oxygens (including phenoxy) is 1. The number of carbonyl (C=O) groups is 1. The zero-order valence-corrected chi connectivity index (χ0v) is 12.3. The Morgan fingerprint density at radius 1 is 1.52 bits per heavy atom. The van der Waals surface area contributed by atoms with Crippen molar-refractivity contribution in [2.24, 2.45) is 16.6 Å². The molecule has 6 heteroatoms. The van der Waals surface area contributed by atoms with Crippen molar-refractivity contribution in [3.8, 4) is 11.8 Å². The second kappa shape index (κ2) is 5.83. The average molecular weight is 286 g/mol. The Morgan fingerprint density at radius 3 is 2.81 bits per heavy atom. The molecule has 0 bridgehead atoms. The highest BCUT2D eigenvalue weighted by Crippen LogP contribution is 2.30. The van der Waals surface area contributed by atoms with Gasteiger partial charge < -0.3 is 15.4 Å². The van der Waals surface area contributed by atoms with Crippen LogP contribution in [0.3, 0.4) is 0 Å². The molecule has 0 aromatic heterocycles. The van der Waals surface area contributed by atoms with Gasteiger partial charge in [0.1, 0.15) is 23.7 Å². The third kappa shape index (κ3) is 2.82. The van der Waals surface area contributed by atoms with Crippen molar-refractivity contribution in [2.45, 2.75) is 19.9 Å². The fourth-order valence-electron chi connectivity index (χ4n) is 2.42. The lowest BCUT2D eigenvalue weighted by Gasteiger charge is -2.26. The molecule has 2 N–H and O–H groups in total. The van der Waals surface area contributed by atoms with Crippen molar-refractivity contribution in [1.29, 1.82) is 5.26 Å². The molecule has 1 aliphatic rings. The smallest absolute Gasteiger partial charge is 0.346 e. The SMILES string of the molecule is COc1ccc(C2C(N)=NC(=O)N2CC(C)C)cc1C#N. The number of carbonyl (C=O) groups excluding carboxylic acids is 1. The minimum Gasteiger partial charge on any atom is -0.495 e. The van der Waals surface area contributed by atoms with Gasteiger partial charge in [-0.2, -0.15) is 10.3 Å². The van der Waals surface area contributed by atoms with Crippen LogP contribution in [0, 0.1) is 17.2 Å². The minimum atomic E-state index is -0.419. The molecule has 0 saturated carbocycles. The van der Waals surface area contributed by atoms with Crippen LogP contribution in [0.4, 0.5) is 4.79 Å². The molecule has 1 unspecified atom stereocenters. The summed E-state index contributed by atoms with van der Waals surface area (Å²) in [5.74, 6) is 1.05. The van der Waals surface area contributed by atoms with Gasteiger partial charge in [0.05, 0.1) is 12.7 Å². The molecule has 1 heterocycles. The van der Waals surface area contributed by atoms with Crippen molar-refractivity contribution >= 4 is 11.9 Å². The summed E-state index contributed by atoms with van der Waals surface area (Å²) >= 11 is 0. The number of urea groups is 1. The van der Waals surface area contributed by atoms with Gasteiger partial charge in [0, 0.05) is 6.54 Å². The highest BCUT2D eigenvalue weighted by Gasteiger charge is 2.35. The maximum Gasteiger partial charge on any atom is 0.346 e. The highest BCUT2D eigenvalue weighted by atomic mass is 16.5. The number of nitrogens with two attached hydrogens (primary N) is 1. The number of amidine groups is 1. The summed E-state index contributed by atoms with van der Waals surface area (Å²) in [4.78, 5) is 17.4. The van der Waals surface area contributed by atoms with Gasteiger partial charge in [-0.25, -0.2) is 4.79 Å². The molecule has 2 amide bonds. The number of aliphatic imine (C=N–C) groups is 1. The van der Waals surface area contributed by atoms with E-state index in [4.69, 9.17) is 10.5 Å². The summed E-state index contributed by atoms with van der Waals surface area (Å²) < 4.78 is 5.13. The van der Waals surface area contributed by atoms with E-state index >= 15 is 0 Å². The molecular weight excluding hydrogens is 268 g/mol. The number of benzene rings is 1. The van der Waals surface area contributed by atoms with Crippen molar-refractivity contribution in [2.75, 3.05) is 13.7 Å². The van der Waals surface area contributed by atoms with E-state index in [0.29, 0.717) is 23.8 Å². The fraction of sp³-hybridized carbons (Fsp3) is 0.400. The predicted molar refractivity (Wildman–Crippen MR) is 79.0 cm³/mol. The molecule has 2 rings (SSSR count). The fourth-order valence-corrected chi connectivity index (χ4v) is 2.42. The molecule has 0 spiro atoms. The first-order valence-corrected chi connectivity index (χ1v) is 6.70. The first kappa shape index (κ1) is 14.9. The van der Waals surface area contributed by atoms with E-state index in [1.807, 2.05) is 13.8 Å². The second-order valence-electron chi connectivity index (χ2n) is 5.34. The van der Waals surface area contributed by atoms with Crippen LogP contribution in [0.15, 0.2) is 23.2 Å². The van der Waals surface area contributed by atoms with Crippen LogP contribution in [0.5, 0.6) is 5.75 Å². The minimum absolute atomic E-state index is 0.259. The summed E-state index contributed by atoms with van der Waals surface area (Å²) in [7, 11) is 1.51. The van der Waals surface area contributed by atoms with Gasteiger partial charge >= 0.3 is 6.03 Å². The molecule has 1 aliphatic heterocycles. The third-order valence-corrected chi connectivity index (χ3v) is 3.28. The number of rotatable bonds is 4. The van der Waals surface area contributed by atoms with Gasteiger partial charge in [0.25, 0.3) is 0 Å². The lowest BCUT2D eigenvalue weighted by Crippen LogP contribution is -2.35. The van der Waals surface area contributed by atoms with Gasteiger partial charge in [0.15, 0.2) is 0 Å². The highest BCUT2D eigenvalue weighted by molar-refractivity contribution is 6.03. The summed E-state index contributed by atoms with van der Waals surface area (Å²) in [6.07, 6.45) is 0. The molecule has 0 radical (unpaired) electrons. The van der Waals surface area contributed by atoms with Crippen molar-refractivity contribution in [3.63, 3.8) is 0 Å². The quantitative estimate of drug-likeness (QED) is 0.917. The number of hydrogen-bond acceptors (Lipinski definition) is 4. The normalized spacial score (nSPS) is 17.9. The largest absolute Gasteiger partial charge is 0.495 e. The first-order valence-electron chi connectivity index (χ1n) is 6.70. The van der Waals surface area contributed by atoms with E-state index in [9.17, 15) is 10.1 Å². The van der Waals surface area contributed by atoms with Crippen LogP contribution in [0.25, 0.3) is 0 Å². The average Bonchev–Trinajstić information content (AvgIpc) is 2.72. The molecule has 0 fully saturated rings. The standard InChI is InChI=1S/C15H18N4O2/c1-9(2)8-19-13(14(17)18-15(19)20)10-4-5-12(21-3)11(6-10)7-16/h4-6,9,13H,8H2,1-3H3,(H2,17,18,20). The first-order chi connectivity index (χ1) is 9.97. The lowest BCUT2D eigenvalue weighted by atomic mass is 10.0. The maximum atomic E-state index is 12.0. The second-order valence-corrected chi connectivity index (χ2v) is 5.34. The Kier molecular flexibility index (Phi) is 4.13. The van der Waals surface area contributed by atoms with Crippen molar-refractivity contribution in [1.82, 2.24) is 4.90 Å². The van der Waals surface area contributed by atoms with Crippen LogP contribution in [0.1, 0.15) is 31.0 Å². The van der Waals surface area contributed by atoms with Crippen LogP contribution in [-0.4, -0.2) is 30.4 Å². The Balaban J connectivity index is 2.41. The Hall–Kier alpha value is -2.55. The van der Waals surface area contributed by atoms with Crippen molar-refractivity contribution < 1.29 is 9.53 Å². The van der Waals surface area contributed by atoms with E-state index in [1.165, 1.54) is 7.11 Å². The van der Waals surface area contributed by atoms with Crippen LogP contribution in [-0.2, 0) is 0 Å². The van der Waals surface area contributed by atoms with Gasteiger partial charge in [-0.3, -0.25) is 0 Å². The summed E-state index contributed by atoms with van der Waals surface area (Å²) in [5, 5.41) is 9.17. The molecule has 0 saturated heterocycles. The van der Waals surface area contributed by atoms with E-state index in [2.05, 4.69) is 11.1 Å². The molecule has 1 atom stereocenters. The van der Waals surface area contributed by atoms with Crippen LogP contribution in [0.2, 0.25) is 0 Å². The number of nitriles is 1. The van der Waals surface area contributed by atoms with Crippen LogP contribution >= 0.6 is 0 Å². The van der Waals surface area contributed by atoms with E-state index in [1.54, 1.807) is 23.1 Å². The monoisotopic (exact) mass is 286 g/mol. The zero-order valence-electron chi connectivity index (χ0n) is 12.3. The molecule has 21 heavy (non-hydrogen) atoms. The van der Waals surface area contributed by atoms with Crippen LogP contribution < -0.4 is 10.5 Å². The summed E-state index contributed by atoms with van der Waals surface area (Å²) in [5.41, 5.74) is 7.08. The number of amides is 2. The van der Waals surface area contributed by atoms with E-state index in [-0.39, 0.29) is 11.9 Å². The molecule has 6 nitrogen and oxygen atoms in total. The Labute approximate surface area is 123 Å². The molecule has 0 aliphatic carbocycles. The predicted octanol–water partition coefficient (Wildman–Crippen LogP) is 2.06. The zero-order chi connectivity index (χ0) is 15.6. The molecule has 110 valence electrons. The molecular formula is C15H18N4O2. The maximum absolute atomic E-state index is 12.0. The number of nitrogens with zero attached hydrogens (tertiary/aromatic N) is 3.